The molecule has 0 heterocycles. The minimum Gasteiger partial charge on any atom is -0.329 e. The first-order valence-electron chi connectivity index (χ1n) is 6.34. The molecule has 6 heteroatoms. The molecule has 1 rings (SSSR count). The van der Waals surface area contributed by atoms with Crippen molar-refractivity contribution >= 4 is 10.0 Å². The monoisotopic (exact) mass is 288 g/mol. The molecule has 0 aliphatic heterocycles. The summed E-state index contributed by atoms with van der Waals surface area (Å²) in [7, 11) is -3.36. The van der Waals surface area contributed by atoms with Crippen molar-refractivity contribution in [1.82, 2.24) is 4.72 Å². The van der Waals surface area contributed by atoms with Gasteiger partial charge < -0.3 is 5.73 Å². The fourth-order valence-electron chi connectivity index (χ4n) is 1.90. The van der Waals surface area contributed by atoms with Gasteiger partial charge in [-0.2, -0.15) is 0 Å². The first-order chi connectivity index (χ1) is 8.90. The third kappa shape index (κ3) is 4.56. The van der Waals surface area contributed by atoms with Crippen LogP contribution in [0.2, 0.25) is 0 Å². The lowest BCUT2D eigenvalue weighted by atomic mass is 10.1. The van der Waals surface area contributed by atoms with Crippen LogP contribution >= 0.6 is 0 Å². The summed E-state index contributed by atoms with van der Waals surface area (Å²) in [6.07, 6.45) is 1.02. The molecule has 0 aliphatic carbocycles. The second-order valence-corrected chi connectivity index (χ2v) is 6.57. The second kappa shape index (κ2) is 6.98. The lowest BCUT2D eigenvalue weighted by Crippen LogP contribution is -2.39. The molecule has 1 aromatic rings. The average molecular weight is 288 g/mol. The molecule has 4 nitrogen and oxygen atoms in total. The molecule has 0 saturated carbocycles. The third-order valence-electron chi connectivity index (χ3n) is 3.16. The molecule has 0 saturated heterocycles. The van der Waals surface area contributed by atoms with Crippen LogP contribution in [-0.2, 0) is 16.4 Å². The first kappa shape index (κ1) is 16.1. The Bertz CT molecular complexity index is 513. The summed E-state index contributed by atoms with van der Waals surface area (Å²) < 4.78 is 39.2. The summed E-state index contributed by atoms with van der Waals surface area (Å²) in [4.78, 5) is 0. The number of aryl methyl sites for hydroxylation is 1. The minimum absolute atomic E-state index is 0.113. The SMILES string of the molecule is CCC(CN)S(=O)(=O)NCCc1ccc(F)cc1C. The largest absolute Gasteiger partial charge is 0.329 e. The fraction of sp³-hybridized carbons (Fsp3) is 0.538. The Hall–Kier alpha value is -0.980. The van der Waals surface area contributed by atoms with Crippen molar-refractivity contribution < 1.29 is 12.8 Å². The highest BCUT2D eigenvalue weighted by Gasteiger charge is 2.21. The van der Waals surface area contributed by atoms with E-state index in [9.17, 15) is 12.8 Å². The Kier molecular flexibility index (Phi) is 5.90. The summed E-state index contributed by atoms with van der Waals surface area (Å²) in [5.41, 5.74) is 7.19. The second-order valence-electron chi connectivity index (χ2n) is 4.53. The topological polar surface area (TPSA) is 72.2 Å². The van der Waals surface area contributed by atoms with Gasteiger partial charge in [-0.1, -0.05) is 13.0 Å². The first-order valence-corrected chi connectivity index (χ1v) is 7.89. The summed E-state index contributed by atoms with van der Waals surface area (Å²) in [5, 5.41) is -0.554. The lowest BCUT2D eigenvalue weighted by Gasteiger charge is -2.14. The molecule has 0 amide bonds. The van der Waals surface area contributed by atoms with Gasteiger partial charge in [0.2, 0.25) is 10.0 Å². The predicted octanol–water partition coefficient (Wildman–Crippen LogP) is 1.33. The number of rotatable bonds is 7. The van der Waals surface area contributed by atoms with Crippen molar-refractivity contribution in [3.63, 3.8) is 0 Å². The molecule has 19 heavy (non-hydrogen) atoms. The third-order valence-corrected chi connectivity index (χ3v) is 5.17. The van der Waals surface area contributed by atoms with E-state index in [2.05, 4.69) is 4.72 Å². The van der Waals surface area contributed by atoms with Crippen LogP contribution in [0.1, 0.15) is 24.5 Å². The van der Waals surface area contributed by atoms with E-state index in [4.69, 9.17) is 5.73 Å². The maximum absolute atomic E-state index is 12.9. The number of nitrogens with two attached hydrogens (primary N) is 1. The molecule has 0 fully saturated rings. The molecule has 0 bridgehead atoms. The summed E-state index contributed by atoms with van der Waals surface area (Å²) in [6.45, 7) is 4.01. The van der Waals surface area contributed by atoms with Crippen LogP contribution in [0.4, 0.5) is 4.39 Å². The number of nitrogens with one attached hydrogen (secondary N) is 1. The number of benzene rings is 1. The van der Waals surface area contributed by atoms with Gasteiger partial charge in [0.05, 0.1) is 5.25 Å². The molecular weight excluding hydrogens is 267 g/mol. The van der Waals surface area contributed by atoms with E-state index >= 15 is 0 Å². The zero-order valence-corrected chi connectivity index (χ0v) is 12.1. The highest BCUT2D eigenvalue weighted by molar-refractivity contribution is 7.90. The molecule has 1 atom stereocenters. The highest BCUT2D eigenvalue weighted by Crippen LogP contribution is 2.11. The predicted molar refractivity (Wildman–Crippen MR) is 74.9 cm³/mol. The van der Waals surface area contributed by atoms with Crippen LogP contribution in [0.5, 0.6) is 0 Å². The quantitative estimate of drug-likeness (QED) is 0.795. The van der Waals surface area contributed by atoms with Gasteiger partial charge in [-0.15, -0.1) is 0 Å². The molecule has 0 spiro atoms. The molecule has 3 N–H and O–H groups in total. The number of halogens is 1. The lowest BCUT2D eigenvalue weighted by molar-refractivity contribution is 0.561. The van der Waals surface area contributed by atoms with Crippen LogP contribution in [-0.4, -0.2) is 26.8 Å². The van der Waals surface area contributed by atoms with E-state index in [0.29, 0.717) is 19.4 Å². The normalized spacial score (nSPS) is 13.5. The van der Waals surface area contributed by atoms with E-state index in [0.717, 1.165) is 11.1 Å². The van der Waals surface area contributed by atoms with Crippen molar-refractivity contribution in [3.05, 3.63) is 35.1 Å². The minimum atomic E-state index is -3.36. The van der Waals surface area contributed by atoms with Gasteiger partial charge in [-0.05, 0) is 43.0 Å². The van der Waals surface area contributed by atoms with Gasteiger partial charge in [-0.3, -0.25) is 0 Å². The van der Waals surface area contributed by atoms with Gasteiger partial charge in [0.1, 0.15) is 5.82 Å². The summed E-state index contributed by atoms with van der Waals surface area (Å²) in [6, 6.07) is 4.50. The van der Waals surface area contributed by atoms with Gasteiger partial charge >= 0.3 is 0 Å². The van der Waals surface area contributed by atoms with E-state index in [-0.39, 0.29) is 12.4 Å². The smallest absolute Gasteiger partial charge is 0.215 e. The van der Waals surface area contributed by atoms with Crippen LogP contribution in [0, 0.1) is 12.7 Å². The molecule has 108 valence electrons. The van der Waals surface area contributed by atoms with Crippen molar-refractivity contribution in [2.75, 3.05) is 13.1 Å². The summed E-state index contributed by atoms with van der Waals surface area (Å²) >= 11 is 0. The standard InChI is InChI=1S/C13H21FN2O2S/c1-3-13(9-15)19(17,18)16-7-6-11-4-5-12(14)8-10(11)2/h4-5,8,13,16H,3,6-7,9,15H2,1-2H3. The zero-order chi connectivity index (χ0) is 14.5. The number of sulfonamides is 1. The fourth-order valence-corrected chi connectivity index (χ4v) is 3.21. The highest BCUT2D eigenvalue weighted by atomic mass is 32.2. The van der Waals surface area contributed by atoms with E-state index in [1.165, 1.54) is 12.1 Å². The van der Waals surface area contributed by atoms with Gasteiger partial charge in [0.15, 0.2) is 0 Å². The number of hydrogen-bond donors (Lipinski definition) is 2. The number of hydrogen-bond acceptors (Lipinski definition) is 3. The Morgan fingerprint density at radius 3 is 2.63 bits per heavy atom. The van der Waals surface area contributed by atoms with Crippen LogP contribution in [0.15, 0.2) is 18.2 Å². The maximum Gasteiger partial charge on any atom is 0.215 e. The van der Waals surface area contributed by atoms with Crippen LogP contribution in [0.25, 0.3) is 0 Å². The van der Waals surface area contributed by atoms with Gasteiger partial charge in [0, 0.05) is 13.1 Å². The van der Waals surface area contributed by atoms with Crippen molar-refractivity contribution in [3.8, 4) is 0 Å². The Morgan fingerprint density at radius 1 is 1.42 bits per heavy atom. The van der Waals surface area contributed by atoms with E-state index in [1.54, 1.807) is 13.0 Å². The average Bonchev–Trinajstić information content (AvgIpc) is 2.33. The molecule has 1 aromatic carbocycles. The summed E-state index contributed by atoms with van der Waals surface area (Å²) in [5.74, 6) is -0.281. The molecule has 0 radical (unpaired) electrons. The van der Waals surface area contributed by atoms with Gasteiger partial charge in [0.25, 0.3) is 0 Å². The Labute approximate surface area is 114 Å². The van der Waals surface area contributed by atoms with Crippen molar-refractivity contribution in [2.45, 2.75) is 31.9 Å². The Morgan fingerprint density at radius 2 is 2.11 bits per heavy atom. The molecule has 1 unspecified atom stereocenters. The Balaban J connectivity index is 2.59. The van der Waals surface area contributed by atoms with Gasteiger partial charge in [-0.25, -0.2) is 17.5 Å². The van der Waals surface area contributed by atoms with E-state index in [1.807, 2.05) is 6.92 Å². The molecular formula is C13H21FN2O2S. The maximum atomic E-state index is 12.9. The van der Waals surface area contributed by atoms with Crippen molar-refractivity contribution in [1.29, 1.82) is 0 Å². The van der Waals surface area contributed by atoms with E-state index < -0.39 is 15.3 Å². The van der Waals surface area contributed by atoms with Crippen LogP contribution in [0.3, 0.4) is 0 Å². The van der Waals surface area contributed by atoms with Crippen LogP contribution < -0.4 is 10.5 Å². The molecule has 0 aliphatic rings. The molecule has 0 aromatic heterocycles. The zero-order valence-electron chi connectivity index (χ0n) is 11.3. The van der Waals surface area contributed by atoms with Crippen molar-refractivity contribution in [2.24, 2.45) is 5.73 Å².